The molecular weight excluding hydrogens is 438 g/mol. The Morgan fingerprint density at radius 1 is 1.06 bits per heavy atom. The van der Waals surface area contributed by atoms with Crippen LogP contribution in [0.25, 0.3) is 22.1 Å². The number of rotatable bonds is 6. The summed E-state index contributed by atoms with van der Waals surface area (Å²) in [5.41, 5.74) is 3.57. The molecule has 1 aliphatic rings. The van der Waals surface area contributed by atoms with Crippen LogP contribution in [0, 0.1) is 0 Å². The molecule has 1 aliphatic heterocycles. The lowest BCUT2D eigenvalue weighted by Crippen LogP contribution is -2.32. The Morgan fingerprint density at radius 3 is 2.61 bits per heavy atom. The number of unbranched alkanes of at least 4 members (excludes halogenated alkanes) is 1. The van der Waals surface area contributed by atoms with Gasteiger partial charge in [0.2, 0.25) is 0 Å². The molecule has 3 aromatic carbocycles. The van der Waals surface area contributed by atoms with Gasteiger partial charge in [0.25, 0.3) is 0 Å². The molecule has 33 heavy (non-hydrogen) atoms. The molecular formula is C27H24ClNO4. The van der Waals surface area contributed by atoms with E-state index in [9.17, 15) is 4.79 Å². The predicted molar refractivity (Wildman–Crippen MR) is 131 cm³/mol. The van der Waals surface area contributed by atoms with Crippen molar-refractivity contribution < 1.29 is 13.9 Å². The Labute approximate surface area is 197 Å². The van der Waals surface area contributed by atoms with Crippen molar-refractivity contribution in [2.75, 3.05) is 18.2 Å². The molecule has 0 N–H and O–H groups in total. The van der Waals surface area contributed by atoms with Crippen molar-refractivity contribution in [1.82, 2.24) is 0 Å². The van der Waals surface area contributed by atoms with Crippen molar-refractivity contribution in [3.05, 3.63) is 87.7 Å². The van der Waals surface area contributed by atoms with E-state index in [4.69, 9.17) is 25.5 Å². The Balaban J connectivity index is 1.52. The maximum Gasteiger partial charge on any atom is 0.336 e. The third kappa shape index (κ3) is 4.29. The summed E-state index contributed by atoms with van der Waals surface area (Å²) in [7, 11) is 0. The molecule has 0 fully saturated rings. The average molecular weight is 462 g/mol. The Bertz CT molecular complexity index is 1330. The van der Waals surface area contributed by atoms with Gasteiger partial charge in [0.1, 0.15) is 17.1 Å². The van der Waals surface area contributed by atoms with Gasteiger partial charge in [-0.1, -0.05) is 55.3 Å². The lowest BCUT2D eigenvalue weighted by molar-refractivity contribution is 0.289. The third-order valence-corrected chi connectivity index (χ3v) is 6.08. The number of benzene rings is 3. The first-order valence-electron chi connectivity index (χ1n) is 11.1. The summed E-state index contributed by atoms with van der Waals surface area (Å²) in [6.45, 7) is 3.70. The van der Waals surface area contributed by atoms with Gasteiger partial charge in [-0.05, 0) is 47.9 Å². The van der Waals surface area contributed by atoms with E-state index >= 15 is 0 Å². The minimum absolute atomic E-state index is 0.344. The van der Waals surface area contributed by atoms with Crippen LogP contribution in [0.2, 0.25) is 5.02 Å². The van der Waals surface area contributed by atoms with Crippen LogP contribution in [-0.2, 0) is 6.54 Å². The summed E-state index contributed by atoms with van der Waals surface area (Å²) in [5.74, 6) is 1.41. The summed E-state index contributed by atoms with van der Waals surface area (Å²) in [5, 5.41) is 1.29. The molecule has 1 aromatic heterocycles. The number of halogens is 1. The quantitative estimate of drug-likeness (QED) is 0.237. The minimum atomic E-state index is -0.406. The molecule has 2 heterocycles. The average Bonchev–Trinajstić information content (AvgIpc) is 2.85. The predicted octanol–water partition coefficient (Wildman–Crippen LogP) is 6.65. The monoisotopic (exact) mass is 461 g/mol. The fourth-order valence-corrected chi connectivity index (χ4v) is 4.38. The molecule has 168 valence electrons. The fourth-order valence-electron chi connectivity index (χ4n) is 4.10. The fraction of sp³-hybridized carbons (Fsp3) is 0.222. The summed E-state index contributed by atoms with van der Waals surface area (Å²) in [6.07, 6.45) is 2.13. The van der Waals surface area contributed by atoms with Crippen LogP contribution in [0.4, 0.5) is 5.69 Å². The number of nitrogens with zero attached hydrogens (tertiary/aromatic N) is 1. The first-order valence-corrected chi connectivity index (χ1v) is 11.5. The van der Waals surface area contributed by atoms with Gasteiger partial charge in [0.15, 0.2) is 6.73 Å². The topological polar surface area (TPSA) is 51.9 Å². The molecule has 0 saturated heterocycles. The van der Waals surface area contributed by atoms with E-state index in [1.54, 1.807) is 0 Å². The lowest BCUT2D eigenvalue weighted by Gasteiger charge is -2.31. The first-order chi connectivity index (χ1) is 16.1. The van der Waals surface area contributed by atoms with Crippen LogP contribution in [0.3, 0.4) is 0 Å². The van der Waals surface area contributed by atoms with Gasteiger partial charge in [-0.2, -0.15) is 0 Å². The van der Waals surface area contributed by atoms with Gasteiger partial charge in [-0.3, -0.25) is 0 Å². The zero-order chi connectivity index (χ0) is 22.8. The normalized spacial score (nSPS) is 13.0. The molecule has 6 heteroatoms. The van der Waals surface area contributed by atoms with E-state index in [0.29, 0.717) is 36.2 Å². The van der Waals surface area contributed by atoms with Crippen molar-refractivity contribution in [2.24, 2.45) is 0 Å². The van der Waals surface area contributed by atoms with Gasteiger partial charge < -0.3 is 18.8 Å². The van der Waals surface area contributed by atoms with E-state index in [2.05, 4.69) is 11.8 Å². The van der Waals surface area contributed by atoms with E-state index in [1.165, 1.54) is 6.07 Å². The summed E-state index contributed by atoms with van der Waals surface area (Å²) in [4.78, 5) is 14.5. The van der Waals surface area contributed by atoms with E-state index in [0.717, 1.165) is 46.4 Å². The molecule has 0 aliphatic carbocycles. The zero-order valence-electron chi connectivity index (χ0n) is 18.3. The van der Waals surface area contributed by atoms with Gasteiger partial charge in [0.05, 0.1) is 23.7 Å². The van der Waals surface area contributed by atoms with Crippen molar-refractivity contribution >= 4 is 28.3 Å². The molecule has 0 bridgehead atoms. The van der Waals surface area contributed by atoms with Crippen LogP contribution in [0.15, 0.2) is 75.9 Å². The molecule has 4 aromatic rings. The second-order valence-corrected chi connectivity index (χ2v) is 8.46. The zero-order valence-corrected chi connectivity index (χ0v) is 19.1. The van der Waals surface area contributed by atoms with Crippen LogP contribution in [0.1, 0.15) is 25.3 Å². The van der Waals surface area contributed by atoms with Crippen molar-refractivity contribution in [1.29, 1.82) is 0 Å². The van der Waals surface area contributed by atoms with Crippen molar-refractivity contribution in [3.63, 3.8) is 0 Å². The first kappa shape index (κ1) is 21.4. The van der Waals surface area contributed by atoms with E-state index in [1.807, 2.05) is 60.7 Å². The maximum absolute atomic E-state index is 12.5. The number of fused-ring (bicyclic) bond motifs is 3. The lowest BCUT2D eigenvalue weighted by atomic mass is 9.99. The number of hydrogen-bond donors (Lipinski definition) is 0. The largest absolute Gasteiger partial charge is 0.494 e. The van der Waals surface area contributed by atoms with Gasteiger partial charge in [0, 0.05) is 17.1 Å². The summed E-state index contributed by atoms with van der Waals surface area (Å²) in [6, 6.07) is 21.0. The van der Waals surface area contributed by atoms with Crippen LogP contribution >= 0.6 is 11.6 Å². The smallest absolute Gasteiger partial charge is 0.336 e. The van der Waals surface area contributed by atoms with Crippen molar-refractivity contribution in [3.8, 4) is 22.6 Å². The van der Waals surface area contributed by atoms with Gasteiger partial charge >= 0.3 is 5.63 Å². The SMILES string of the molecule is CCCCOc1ccc(N2COc3c(Cl)cc4c(-c5ccccc5)cc(=O)oc4c3C2)cc1. The number of anilines is 1. The van der Waals surface area contributed by atoms with Crippen LogP contribution < -0.4 is 20.0 Å². The molecule has 5 nitrogen and oxygen atoms in total. The molecule has 5 rings (SSSR count). The Hall–Kier alpha value is -3.44. The van der Waals surface area contributed by atoms with Gasteiger partial charge in [-0.25, -0.2) is 4.79 Å². The van der Waals surface area contributed by atoms with Gasteiger partial charge in [-0.15, -0.1) is 0 Å². The minimum Gasteiger partial charge on any atom is -0.494 e. The highest BCUT2D eigenvalue weighted by atomic mass is 35.5. The number of hydrogen-bond acceptors (Lipinski definition) is 5. The Kier molecular flexibility index (Phi) is 5.97. The third-order valence-electron chi connectivity index (χ3n) is 5.80. The highest BCUT2D eigenvalue weighted by Crippen LogP contribution is 2.42. The summed E-state index contributed by atoms with van der Waals surface area (Å²) >= 11 is 6.62. The highest BCUT2D eigenvalue weighted by Gasteiger charge is 2.26. The van der Waals surface area contributed by atoms with Crippen LogP contribution in [-0.4, -0.2) is 13.3 Å². The van der Waals surface area contributed by atoms with Crippen LogP contribution in [0.5, 0.6) is 11.5 Å². The van der Waals surface area contributed by atoms with Crippen molar-refractivity contribution in [2.45, 2.75) is 26.3 Å². The maximum atomic E-state index is 12.5. The molecule has 0 saturated carbocycles. The number of ether oxygens (including phenoxy) is 2. The standard InChI is InChI=1S/C27H24ClNO4/c1-2-3-13-31-20-11-9-19(10-12-20)29-16-23-26-22(14-24(28)27(23)32-17-29)21(15-25(30)33-26)18-7-5-4-6-8-18/h4-12,14-15H,2-3,13,16-17H2,1H3. The summed E-state index contributed by atoms with van der Waals surface area (Å²) < 4.78 is 17.5. The molecule has 0 unspecified atom stereocenters. The molecule has 0 atom stereocenters. The highest BCUT2D eigenvalue weighted by molar-refractivity contribution is 6.33. The second-order valence-electron chi connectivity index (χ2n) is 8.06. The van der Waals surface area contributed by atoms with E-state index in [-0.39, 0.29) is 0 Å². The second kappa shape index (κ2) is 9.20. The van der Waals surface area contributed by atoms with E-state index < -0.39 is 5.63 Å². The Morgan fingerprint density at radius 2 is 1.85 bits per heavy atom. The molecule has 0 amide bonds. The molecule has 0 spiro atoms. The molecule has 0 radical (unpaired) electrons.